The number of amides is 1. The molecule has 0 spiro atoms. The Hall–Kier alpha value is -2.59. The maximum atomic E-state index is 12.1. The van der Waals surface area contributed by atoms with E-state index in [1.807, 2.05) is 14.1 Å². The monoisotopic (exact) mass is 363 g/mol. The van der Waals surface area contributed by atoms with E-state index in [0.29, 0.717) is 13.0 Å². The first-order chi connectivity index (χ1) is 13.0. The second kappa shape index (κ2) is 8.87. The Kier molecular flexibility index (Phi) is 6.30. The van der Waals surface area contributed by atoms with Crippen LogP contribution in [-0.2, 0) is 17.8 Å². The molecule has 0 bridgehead atoms. The molecular weight excluding hydrogens is 334 g/mol. The van der Waals surface area contributed by atoms with E-state index in [2.05, 4.69) is 76.4 Å². The standard InChI is InChI=1S/C23H29N3O/c1-18-8-4-5-9-19(18)16-26-17-20(21-10-6-7-11-22(21)26)12-13-23(27)24-14-15-25(2)3/h4-11,17H,12-16H2,1-3H3,(H,24,27). The van der Waals surface area contributed by atoms with Crippen LogP contribution in [0.2, 0.25) is 0 Å². The van der Waals surface area contributed by atoms with Gasteiger partial charge in [-0.15, -0.1) is 0 Å². The molecule has 142 valence electrons. The summed E-state index contributed by atoms with van der Waals surface area (Å²) in [5, 5.41) is 4.24. The van der Waals surface area contributed by atoms with Gasteiger partial charge < -0.3 is 14.8 Å². The van der Waals surface area contributed by atoms with E-state index in [9.17, 15) is 4.79 Å². The topological polar surface area (TPSA) is 37.3 Å². The Balaban J connectivity index is 1.73. The molecule has 3 aromatic rings. The van der Waals surface area contributed by atoms with Crippen LogP contribution in [0.3, 0.4) is 0 Å². The van der Waals surface area contributed by atoms with Gasteiger partial charge in [-0.2, -0.15) is 0 Å². The number of carbonyl (C=O) groups excluding carboxylic acids is 1. The number of aryl methyl sites for hydroxylation is 2. The third kappa shape index (κ3) is 4.98. The highest BCUT2D eigenvalue weighted by Gasteiger charge is 2.11. The molecule has 4 heteroatoms. The van der Waals surface area contributed by atoms with Gasteiger partial charge in [0.2, 0.25) is 5.91 Å². The van der Waals surface area contributed by atoms with Crippen molar-refractivity contribution in [2.75, 3.05) is 27.2 Å². The number of hydrogen-bond acceptors (Lipinski definition) is 2. The van der Waals surface area contributed by atoms with E-state index >= 15 is 0 Å². The normalized spacial score (nSPS) is 11.3. The van der Waals surface area contributed by atoms with Crippen LogP contribution >= 0.6 is 0 Å². The van der Waals surface area contributed by atoms with Crippen LogP contribution in [0, 0.1) is 6.92 Å². The van der Waals surface area contributed by atoms with Crippen molar-refractivity contribution in [2.45, 2.75) is 26.3 Å². The summed E-state index contributed by atoms with van der Waals surface area (Å²) in [6, 6.07) is 17.0. The van der Waals surface area contributed by atoms with Crippen molar-refractivity contribution < 1.29 is 4.79 Å². The first kappa shape index (κ1) is 19.2. The Bertz CT molecular complexity index is 911. The third-order valence-corrected chi connectivity index (χ3v) is 4.98. The number of hydrogen-bond donors (Lipinski definition) is 1. The van der Waals surface area contributed by atoms with E-state index in [4.69, 9.17) is 0 Å². The Morgan fingerprint density at radius 3 is 2.56 bits per heavy atom. The molecule has 27 heavy (non-hydrogen) atoms. The Labute approximate surface area is 161 Å². The van der Waals surface area contributed by atoms with E-state index in [1.165, 1.54) is 27.6 Å². The van der Waals surface area contributed by atoms with Crippen LogP contribution in [0.25, 0.3) is 10.9 Å². The largest absolute Gasteiger partial charge is 0.355 e. The SMILES string of the molecule is Cc1ccccc1Cn1cc(CCC(=O)NCCN(C)C)c2ccccc21. The van der Waals surface area contributed by atoms with Crippen molar-refractivity contribution in [3.05, 3.63) is 71.4 Å². The summed E-state index contributed by atoms with van der Waals surface area (Å²) >= 11 is 0. The molecule has 1 N–H and O–H groups in total. The number of nitrogens with one attached hydrogen (secondary N) is 1. The van der Waals surface area contributed by atoms with Gasteiger partial charge in [-0.05, 0) is 50.2 Å². The maximum Gasteiger partial charge on any atom is 0.220 e. The molecule has 0 atom stereocenters. The van der Waals surface area contributed by atoms with Gasteiger partial charge in [0.1, 0.15) is 0 Å². The molecule has 0 radical (unpaired) electrons. The van der Waals surface area contributed by atoms with Gasteiger partial charge in [-0.25, -0.2) is 0 Å². The van der Waals surface area contributed by atoms with Crippen molar-refractivity contribution in [3.63, 3.8) is 0 Å². The second-order valence-corrected chi connectivity index (χ2v) is 7.38. The van der Waals surface area contributed by atoms with Gasteiger partial charge in [0.05, 0.1) is 0 Å². The number of carbonyl (C=O) groups is 1. The fourth-order valence-electron chi connectivity index (χ4n) is 3.38. The number of nitrogens with zero attached hydrogens (tertiary/aromatic N) is 2. The molecular formula is C23H29N3O. The number of aromatic nitrogens is 1. The summed E-state index contributed by atoms with van der Waals surface area (Å²) in [4.78, 5) is 14.2. The van der Waals surface area contributed by atoms with Crippen molar-refractivity contribution in [3.8, 4) is 0 Å². The lowest BCUT2D eigenvalue weighted by atomic mass is 10.1. The van der Waals surface area contributed by atoms with Crippen LogP contribution in [0.1, 0.15) is 23.1 Å². The molecule has 2 aromatic carbocycles. The lowest BCUT2D eigenvalue weighted by Crippen LogP contribution is -2.31. The lowest BCUT2D eigenvalue weighted by Gasteiger charge is -2.10. The summed E-state index contributed by atoms with van der Waals surface area (Å²) in [7, 11) is 4.02. The molecule has 1 heterocycles. The van der Waals surface area contributed by atoms with Gasteiger partial charge in [0.15, 0.2) is 0 Å². The lowest BCUT2D eigenvalue weighted by molar-refractivity contribution is -0.121. The third-order valence-electron chi connectivity index (χ3n) is 4.98. The molecule has 4 nitrogen and oxygen atoms in total. The molecule has 0 saturated heterocycles. The quantitative estimate of drug-likeness (QED) is 0.664. The first-order valence-electron chi connectivity index (χ1n) is 9.57. The number of para-hydroxylation sites is 1. The molecule has 1 amide bonds. The number of likely N-dealkylation sites (N-methyl/N-ethyl adjacent to an activating group) is 1. The highest BCUT2D eigenvalue weighted by atomic mass is 16.1. The number of benzene rings is 2. The smallest absolute Gasteiger partial charge is 0.220 e. The van der Waals surface area contributed by atoms with E-state index in [-0.39, 0.29) is 5.91 Å². The highest BCUT2D eigenvalue weighted by Crippen LogP contribution is 2.24. The van der Waals surface area contributed by atoms with E-state index in [0.717, 1.165) is 19.5 Å². The predicted octanol–water partition coefficient (Wildman–Crippen LogP) is 3.61. The number of fused-ring (bicyclic) bond motifs is 1. The van der Waals surface area contributed by atoms with Crippen LogP contribution in [-0.4, -0.2) is 42.6 Å². The van der Waals surface area contributed by atoms with E-state index in [1.54, 1.807) is 0 Å². The average molecular weight is 364 g/mol. The second-order valence-electron chi connectivity index (χ2n) is 7.38. The van der Waals surface area contributed by atoms with Crippen LogP contribution in [0.5, 0.6) is 0 Å². The van der Waals surface area contributed by atoms with Gasteiger partial charge in [-0.1, -0.05) is 42.5 Å². The first-order valence-corrected chi connectivity index (χ1v) is 9.57. The molecule has 0 aliphatic rings. The Morgan fingerprint density at radius 2 is 1.78 bits per heavy atom. The molecule has 0 aliphatic heterocycles. The van der Waals surface area contributed by atoms with Gasteiger partial charge in [0, 0.05) is 43.2 Å². The summed E-state index contributed by atoms with van der Waals surface area (Å²) in [5.41, 5.74) is 5.09. The van der Waals surface area contributed by atoms with Crippen molar-refractivity contribution >= 4 is 16.8 Å². The summed E-state index contributed by atoms with van der Waals surface area (Å²) in [6.07, 6.45) is 3.49. The maximum absolute atomic E-state index is 12.1. The van der Waals surface area contributed by atoms with Crippen LogP contribution in [0.4, 0.5) is 0 Å². The average Bonchev–Trinajstić information content (AvgIpc) is 2.99. The molecule has 0 saturated carbocycles. The molecule has 0 unspecified atom stereocenters. The molecule has 3 rings (SSSR count). The van der Waals surface area contributed by atoms with E-state index < -0.39 is 0 Å². The summed E-state index contributed by atoms with van der Waals surface area (Å²) in [6.45, 7) is 4.56. The molecule has 1 aromatic heterocycles. The van der Waals surface area contributed by atoms with Gasteiger partial charge >= 0.3 is 0 Å². The fourth-order valence-corrected chi connectivity index (χ4v) is 3.38. The number of rotatable bonds is 8. The predicted molar refractivity (Wildman–Crippen MR) is 112 cm³/mol. The van der Waals surface area contributed by atoms with Crippen molar-refractivity contribution in [1.82, 2.24) is 14.8 Å². The minimum atomic E-state index is 0.118. The summed E-state index contributed by atoms with van der Waals surface area (Å²) in [5.74, 6) is 0.118. The molecule has 0 fully saturated rings. The van der Waals surface area contributed by atoms with Crippen molar-refractivity contribution in [1.29, 1.82) is 0 Å². The highest BCUT2D eigenvalue weighted by molar-refractivity contribution is 5.85. The fraction of sp³-hybridized carbons (Fsp3) is 0.348. The summed E-state index contributed by atoms with van der Waals surface area (Å²) < 4.78 is 2.30. The van der Waals surface area contributed by atoms with Crippen LogP contribution < -0.4 is 5.32 Å². The zero-order valence-electron chi connectivity index (χ0n) is 16.5. The van der Waals surface area contributed by atoms with Gasteiger partial charge in [0.25, 0.3) is 0 Å². The minimum Gasteiger partial charge on any atom is -0.355 e. The zero-order chi connectivity index (χ0) is 19.2. The minimum absolute atomic E-state index is 0.118. The Morgan fingerprint density at radius 1 is 1.04 bits per heavy atom. The molecule has 0 aliphatic carbocycles. The zero-order valence-corrected chi connectivity index (χ0v) is 16.5. The van der Waals surface area contributed by atoms with Gasteiger partial charge in [-0.3, -0.25) is 4.79 Å². The van der Waals surface area contributed by atoms with Crippen LogP contribution in [0.15, 0.2) is 54.7 Å². The van der Waals surface area contributed by atoms with Crippen molar-refractivity contribution in [2.24, 2.45) is 0 Å².